The second kappa shape index (κ2) is 6.42. The number of aliphatic hydroxyl groups is 1. The van der Waals surface area contributed by atoms with Crippen molar-refractivity contribution in [2.45, 2.75) is 51.2 Å². The predicted octanol–water partition coefficient (Wildman–Crippen LogP) is 3.22. The Kier molecular flexibility index (Phi) is 4.45. The van der Waals surface area contributed by atoms with E-state index in [1.165, 1.54) is 11.1 Å². The zero-order chi connectivity index (χ0) is 18.1. The third kappa shape index (κ3) is 4.74. The summed E-state index contributed by atoms with van der Waals surface area (Å²) in [6.45, 7) is 5.26. The smallest absolute Gasteiger partial charge is 0.287 e. The van der Waals surface area contributed by atoms with E-state index in [-0.39, 0.29) is 17.2 Å². The summed E-state index contributed by atoms with van der Waals surface area (Å²) in [5.74, 6) is 5.80. The minimum Gasteiger partial charge on any atom is -0.443 e. The summed E-state index contributed by atoms with van der Waals surface area (Å²) >= 11 is 0. The fraction of sp³-hybridized carbons (Fsp3) is 0.381. The van der Waals surface area contributed by atoms with E-state index >= 15 is 0 Å². The van der Waals surface area contributed by atoms with E-state index in [4.69, 9.17) is 4.42 Å². The van der Waals surface area contributed by atoms with Gasteiger partial charge in [-0.3, -0.25) is 4.79 Å². The van der Waals surface area contributed by atoms with Crippen LogP contribution >= 0.6 is 0 Å². The van der Waals surface area contributed by atoms with Gasteiger partial charge >= 0.3 is 0 Å². The van der Waals surface area contributed by atoms with Crippen molar-refractivity contribution in [2.75, 3.05) is 0 Å². The van der Waals surface area contributed by atoms with E-state index < -0.39 is 5.60 Å². The molecule has 0 bridgehead atoms. The fourth-order valence-electron chi connectivity index (χ4n) is 2.75. The molecule has 0 atom stereocenters. The minimum atomic E-state index is -1.10. The maximum atomic E-state index is 12.5. The number of amides is 1. The van der Waals surface area contributed by atoms with Crippen LogP contribution in [0.5, 0.6) is 0 Å². The molecule has 4 heteroatoms. The largest absolute Gasteiger partial charge is 0.443 e. The molecular formula is C21H23NO3. The Morgan fingerprint density at radius 3 is 2.72 bits per heavy atom. The highest BCUT2D eigenvalue weighted by atomic mass is 16.3. The second-order valence-electron chi connectivity index (χ2n) is 7.37. The van der Waals surface area contributed by atoms with Crippen LogP contribution in [0.4, 0.5) is 0 Å². The van der Waals surface area contributed by atoms with Crippen LogP contribution in [0.25, 0.3) is 0 Å². The second-order valence-corrected chi connectivity index (χ2v) is 7.37. The van der Waals surface area contributed by atoms with Crippen LogP contribution in [0.1, 0.15) is 54.1 Å². The van der Waals surface area contributed by atoms with Crippen LogP contribution in [0, 0.1) is 18.8 Å². The summed E-state index contributed by atoms with van der Waals surface area (Å²) in [4.78, 5) is 12.5. The van der Waals surface area contributed by atoms with E-state index in [0.29, 0.717) is 5.76 Å². The van der Waals surface area contributed by atoms with E-state index in [9.17, 15) is 9.90 Å². The van der Waals surface area contributed by atoms with Crippen molar-refractivity contribution < 1.29 is 14.3 Å². The lowest BCUT2D eigenvalue weighted by atomic mass is 10.0. The molecule has 3 rings (SSSR count). The Morgan fingerprint density at radius 2 is 2.08 bits per heavy atom. The average molecular weight is 337 g/mol. The minimum absolute atomic E-state index is 0.170. The summed E-state index contributed by atoms with van der Waals surface area (Å²) in [5.41, 5.74) is 1.19. The number of rotatable bonds is 4. The normalized spacial score (nSPS) is 15.2. The van der Waals surface area contributed by atoms with Crippen molar-refractivity contribution in [2.24, 2.45) is 0 Å². The zero-order valence-corrected chi connectivity index (χ0v) is 14.8. The van der Waals surface area contributed by atoms with Gasteiger partial charge in [-0.15, -0.1) is 0 Å². The van der Waals surface area contributed by atoms with Gasteiger partial charge in [-0.1, -0.05) is 35.7 Å². The molecule has 0 spiro atoms. The lowest BCUT2D eigenvalue weighted by Gasteiger charge is -2.17. The summed E-state index contributed by atoms with van der Waals surface area (Å²) < 4.78 is 5.49. The third-order valence-electron chi connectivity index (χ3n) is 4.18. The molecule has 1 fully saturated rings. The highest BCUT2D eigenvalue weighted by molar-refractivity contribution is 5.92. The zero-order valence-electron chi connectivity index (χ0n) is 14.8. The number of carbonyl (C=O) groups excluding carboxylic acids is 1. The van der Waals surface area contributed by atoms with E-state index in [1.54, 1.807) is 26.0 Å². The van der Waals surface area contributed by atoms with Crippen LogP contribution in [0.3, 0.4) is 0 Å². The fourth-order valence-corrected chi connectivity index (χ4v) is 2.75. The molecule has 0 radical (unpaired) electrons. The van der Waals surface area contributed by atoms with Crippen LogP contribution < -0.4 is 5.32 Å². The monoisotopic (exact) mass is 337 g/mol. The molecule has 2 aromatic rings. The van der Waals surface area contributed by atoms with Gasteiger partial charge in [-0.2, -0.15) is 0 Å². The molecule has 0 unspecified atom stereocenters. The Labute approximate surface area is 148 Å². The van der Waals surface area contributed by atoms with Gasteiger partial charge in [0.25, 0.3) is 5.91 Å². The van der Waals surface area contributed by atoms with Crippen LogP contribution in [0.2, 0.25) is 0 Å². The first-order valence-electron chi connectivity index (χ1n) is 8.48. The molecular weight excluding hydrogens is 314 g/mol. The lowest BCUT2D eigenvalue weighted by Crippen LogP contribution is -2.38. The number of hydrogen-bond donors (Lipinski definition) is 2. The van der Waals surface area contributed by atoms with Gasteiger partial charge in [0, 0.05) is 5.54 Å². The van der Waals surface area contributed by atoms with Gasteiger partial charge < -0.3 is 14.8 Å². The Balaban J connectivity index is 1.66. The van der Waals surface area contributed by atoms with Crippen LogP contribution in [-0.4, -0.2) is 22.2 Å². The Hall–Kier alpha value is -2.51. The van der Waals surface area contributed by atoms with Crippen molar-refractivity contribution in [1.29, 1.82) is 0 Å². The molecule has 1 aliphatic carbocycles. The molecule has 1 aromatic heterocycles. The van der Waals surface area contributed by atoms with Gasteiger partial charge in [0.05, 0.1) is 0 Å². The number of benzene rings is 1. The maximum Gasteiger partial charge on any atom is 0.287 e. The molecule has 1 heterocycles. The molecule has 130 valence electrons. The summed E-state index contributed by atoms with van der Waals surface area (Å²) in [7, 11) is 0. The first kappa shape index (κ1) is 17.3. The van der Waals surface area contributed by atoms with Crippen molar-refractivity contribution in [1.82, 2.24) is 5.32 Å². The van der Waals surface area contributed by atoms with Gasteiger partial charge in [0.2, 0.25) is 0 Å². The first-order valence-corrected chi connectivity index (χ1v) is 8.48. The molecule has 1 saturated carbocycles. The first-order chi connectivity index (χ1) is 11.7. The quantitative estimate of drug-likeness (QED) is 0.842. The molecule has 1 aliphatic rings. The number of nitrogens with one attached hydrogen (secondary N) is 1. The lowest BCUT2D eigenvalue weighted by molar-refractivity contribution is 0.0902. The van der Waals surface area contributed by atoms with E-state index in [2.05, 4.69) is 42.3 Å². The van der Waals surface area contributed by atoms with Crippen molar-refractivity contribution >= 4 is 5.91 Å². The molecule has 25 heavy (non-hydrogen) atoms. The number of aryl methyl sites for hydroxylation is 1. The molecule has 0 aliphatic heterocycles. The summed E-state index contributed by atoms with van der Waals surface area (Å²) in [6.07, 6.45) is 2.77. The molecule has 0 saturated heterocycles. The third-order valence-corrected chi connectivity index (χ3v) is 4.18. The average Bonchev–Trinajstić information content (AvgIpc) is 3.09. The Bertz CT molecular complexity index is 842. The van der Waals surface area contributed by atoms with Crippen molar-refractivity contribution in [3.05, 3.63) is 59.0 Å². The van der Waals surface area contributed by atoms with E-state index in [0.717, 1.165) is 19.3 Å². The molecule has 1 amide bonds. The predicted molar refractivity (Wildman–Crippen MR) is 96.2 cm³/mol. The molecule has 1 aromatic carbocycles. The van der Waals surface area contributed by atoms with Crippen LogP contribution in [-0.2, 0) is 6.42 Å². The highest BCUT2D eigenvalue weighted by Gasteiger charge is 2.44. The SMILES string of the molecule is Cc1cccc(CC2(NC(=O)c3ccc(C#CC(C)(C)O)o3)CC2)c1. The molecule has 2 N–H and O–H groups in total. The summed E-state index contributed by atoms with van der Waals surface area (Å²) in [6, 6.07) is 11.6. The topological polar surface area (TPSA) is 62.5 Å². The van der Waals surface area contributed by atoms with Crippen molar-refractivity contribution in [3.8, 4) is 11.8 Å². The molecule has 4 nitrogen and oxygen atoms in total. The Morgan fingerprint density at radius 1 is 1.32 bits per heavy atom. The van der Waals surface area contributed by atoms with Crippen molar-refractivity contribution in [3.63, 3.8) is 0 Å². The standard InChI is InChI=1S/C21H23NO3/c1-15-5-4-6-16(13-15)14-21(11-12-21)22-19(23)18-8-7-17(25-18)9-10-20(2,3)24/h4-8,13,24H,11-12,14H2,1-3H3,(H,22,23). The van der Waals surface area contributed by atoms with E-state index in [1.807, 2.05) is 6.07 Å². The van der Waals surface area contributed by atoms with Gasteiger partial charge in [0.1, 0.15) is 5.60 Å². The maximum absolute atomic E-state index is 12.5. The summed E-state index contributed by atoms with van der Waals surface area (Å²) in [5, 5.41) is 12.7. The number of hydrogen-bond acceptors (Lipinski definition) is 3. The van der Waals surface area contributed by atoms with Gasteiger partial charge in [-0.25, -0.2) is 0 Å². The van der Waals surface area contributed by atoms with Gasteiger partial charge in [-0.05, 0) is 63.7 Å². The van der Waals surface area contributed by atoms with Gasteiger partial charge in [0.15, 0.2) is 11.5 Å². The highest BCUT2D eigenvalue weighted by Crippen LogP contribution is 2.39. The van der Waals surface area contributed by atoms with Crippen LogP contribution in [0.15, 0.2) is 40.8 Å². The number of carbonyl (C=O) groups is 1. The number of furan rings is 1.